The fraction of sp³-hybridized carbons (Fsp3) is 0.263. The highest BCUT2D eigenvalue weighted by Crippen LogP contribution is 2.25. The topological polar surface area (TPSA) is 46.6 Å². The smallest absolute Gasteiger partial charge is 0.417 e. The van der Waals surface area contributed by atoms with Crippen molar-refractivity contribution in [1.82, 2.24) is 4.90 Å². The third-order valence-electron chi connectivity index (χ3n) is 4.25. The maximum Gasteiger partial charge on any atom is 0.417 e. The summed E-state index contributed by atoms with van der Waals surface area (Å²) < 4.78 is 6.09. The predicted molar refractivity (Wildman–Crippen MR) is 94.7 cm³/mol. The van der Waals surface area contributed by atoms with Crippen molar-refractivity contribution in [2.45, 2.75) is 25.3 Å². The maximum absolute atomic E-state index is 12.9. The number of carbonyl (C=O) groups is 2. The van der Waals surface area contributed by atoms with E-state index in [4.69, 9.17) is 4.74 Å². The molecule has 0 unspecified atom stereocenters. The van der Waals surface area contributed by atoms with Gasteiger partial charge in [0, 0.05) is 4.47 Å². The first kappa shape index (κ1) is 16.7. The van der Waals surface area contributed by atoms with Gasteiger partial charge in [-0.1, -0.05) is 58.4 Å². The minimum absolute atomic E-state index is 0.222. The van der Waals surface area contributed by atoms with Gasteiger partial charge in [0.25, 0.3) is 0 Å². The molecule has 2 aromatic carbocycles. The van der Waals surface area contributed by atoms with Crippen LogP contribution in [0.2, 0.25) is 0 Å². The summed E-state index contributed by atoms with van der Waals surface area (Å²) in [7, 11) is 0. The van der Waals surface area contributed by atoms with E-state index in [1.165, 1.54) is 4.90 Å². The number of nitrogens with zero attached hydrogens (tertiary/aromatic N) is 1. The Labute approximate surface area is 149 Å². The molecule has 4 nitrogen and oxygen atoms in total. The van der Waals surface area contributed by atoms with E-state index in [1.54, 1.807) is 0 Å². The van der Waals surface area contributed by atoms with Gasteiger partial charge in [-0.3, -0.25) is 4.79 Å². The van der Waals surface area contributed by atoms with Crippen molar-refractivity contribution in [3.8, 4) is 0 Å². The Balaban J connectivity index is 1.78. The molecule has 1 saturated heterocycles. The van der Waals surface area contributed by atoms with Gasteiger partial charge in [-0.2, -0.15) is 0 Å². The molecular formula is C19H18BrNO3. The summed E-state index contributed by atoms with van der Waals surface area (Å²) >= 11 is 3.38. The van der Waals surface area contributed by atoms with Gasteiger partial charge in [0.05, 0.1) is 12.0 Å². The highest BCUT2D eigenvalue weighted by atomic mass is 79.9. The largest absolute Gasteiger partial charge is 0.447 e. The first-order chi connectivity index (χ1) is 11.6. The highest BCUT2D eigenvalue weighted by molar-refractivity contribution is 9.10. The van der Waals surface area contributed by atoms with Gasteiger partial charge >= 0.3 is 6.09 Å². The summed E-state index contributed by atoms with van der Waals surface area (Å²) in [6, 6.07) is 17.1. The summed E-state index contributed by atoms with van der Waals surface area (Å²) in [4.78, 5) is 26.2. The van der Waals surface area contributed by atoms with Crippen LogP contribution >= 0.6 is 15.9 Å². The number of hydrogen-bond donors (Lipinski definition) is 0. The van der Waals surface area contributed by atoms with Crippen molar-refractivity contribution in [2.75, 3.05) is 6.61 Å². The molecule has 1 fully saturated rings. The summed E-state index contributed by atoms with van der Waals surface area (Å²) in [5.41, 5.74) is 1.95. The lowest BCUT2D eigenvalue weighted by molar-refractivity contribution is -0.130. The number of ether oxygens (including phenoxy) is 1. The van der Waals surface area contributed by atoms with E-state index in [-0.39, 0.29) is 18.6 Å². The first-order valence-electron chi connectivity index (χ1n) is 7.85. The highest BCUT2D eigenvalue weighted by Gasteiger charge is 2.39. The van der Waals surface area contributed by atoms with Crippen LogP contribution in [-0.2, 0) is 16.0 Å². The third kappa shape index (κ3) is 3.51. The molecular weight excluding hydrogens is 370 g/mol. The number of carbonyl (C=O) groups excluding carboxylic acids is 2. The molecule has 3 rings (SSSR count). The van der Waals surface area contributed by atoms with Gasteiger partial charge in [-0.05, 0) is 36.6 Å². The molecule has 0 aromatic heterocycles. The lowest BCUT2D eigenvalue weighted by Gasteiger charge is -2.23. The normalized spacial score (nSPS) is 18.3. The Hall–Kier alpha value is -2.14. The molecule has 1 heterocycles. The van der Waals surface area contributed by atoms with Gasteiger partial charge < -0.3 is 4.74 Å². The number of hydrogen-bond acceptors (Lipinski definition) is 3. The molecule has 0 bridgehead atoms. The molecule has 24 heavy (non-hydrogen) atoms. The Bertz CT molecular complexity index is 730. The van der Waals surface area contributed by atoms with Crippen LogP contribution in [0.5, 0.6) is 0 Å². The fourth-order valence-electron chi connectivity index (χ4n) is 2.87. The average molecular weight is 388 g/mol. The third-order valence-corrected chi connectivity index (χ3v) is 4.78. The summed E-state index contributed by atoms with van der Waals surface area (Å²) in [6.07, 6.45) is 0.0515. The Morgan fingerprint density at radius 2 is 1.88 bits per heavy atom. The molecule has 124 valence electrons. The molecule has 5 heteroatoms. The van der Waals surface area contributed by atoms with Crippen molar-refractivity contribution in [3.05, 3.63) is 70.2 Å². The number of halogens is 1. The van der Waals surface area contributed by atoms with Crippen LogP contribution in [0.3, 0.4) is 0 Å². The van der Waals surface area contributed by atoms with Gasteiger partial charge in [-0.15, -0.1) is 0 Å². The first-order valence-corrected chi connectivity index (χ1v) is 8.65. The van der Waals surface area contributed by atoms with Crippen molar-refractivity contribution < 1.29 is 14.3 Å². The van der Waals surface area contributed by atoms with Crippen LogP contribution in [0.4, 0.5) is 4.79 Å². The minimum Gasteiger partial charge on any atom is -0.447 e. The van der Waals surface area contributed by atoms with Crippen LogP contribution in [-0.4, -0.2) is 29.5 Å². The number of imide groups is 1. The van der Waals surface area contributed by atoms with Gasteiger partial charge in [-0.25, -0.2) is 9.69 Å². The van der Waals surface area contributed by atoms with Crippen molar-refractivity contribution >= 4 is 27.9 Å². The molecule has 1 aliphatic rings. The zero-order valence-corrected chi connectivity index (χ0v) is 14.9. The maximum atomic E-state index is 12.9. The summed E-state index contributed by atoms with van der Waals surface area (Å²) in [5.74, 6) is -0.622. The molecule has 0 saturated carbocycles. The second kappa shape index (κ2) is 7.18. The SMILES string of the molecule is C[C@@H](C(=O)N1C(=O)OC[C@@H]1Cc1ccccc1)c1ccc(Br)cc1. The van der Waals surface area contributed by atoms with Crippen molar-refractivity contribution in [2.24, 2.45) is 0 Å². The van der Waals surface area contributed by atoms with Gasteiger partial charge in [0.1, 0.15) is 6.61 Å². The summed E-state index contributed by atoms with van der Waals surface area (Å²) in [6.45, 7) is 2.06. The number of rotatable bonds is 4. The number of cyclic esters (lactones) is 1. The monoisotopic (exact) mass is 387 g/mol. The minimum atomic E-state index is -0.551. The molecule has 1 aliphatic heterocycles. The molecule has 2 aromatic rings. The average Bonchev–Trinajstić information content (AvgIpc) is 2.95. The van der Waals surface area contributed by atoms with E-state index in [1.807, 2.05) is 61.5 Å². The molecule has 0 spiro atoms. The van der Waals surface area contributed by atoms with Crippen molar-refractivity contribution in [1.29, 1.82) is 0 Å². The number of amides is 2. The fourth-order valence-corrected chi connectivity index (χ4v) is 3.13. The van der Waals surface area contributed by atoms with Crippen LogP contribution in [0.25, 0.3) is 0 Å². The molecule has 2 amide bonds. The van der Waals surface area contributed by atoms with Gasteiger partial charge in [0.2, 0.25) is 5.91 Å². The second-order valence-corrected chi connectivity index (χ2v) is 6.82. The molecule has 0 aliphatic carbocycles. The quantitative estimate of drug-likeness (QED) is 0.791. The number of benzene rings is 2. The van der Waals surface area contributed by atoms with E-state index in [2.05, 4.69) is 15.9 Å². The van der Waals surface area contributed by atoms with E-state index in [9.17, 15) is 9.59 Å². The summed E-state index contributed by atoms with van der Waals surface area (Å²) in [5, 5.41) is 0. The molecule has 2 atom stereocenters. The Morgan fingerprint density at radius 3 is 2.54 bits per heavy atom. The van der Waals surface area contributed by atoms with Crippen LogP contribution in [0.15, 0.2) is 59.1 Å². The molecule has 0 N–H and O–H groups in total. The van der Waals surface area contributed by atoms with Crippen LogP contribution in [0.1, 0.15) is 24.0 Å². The van der Waals surface area contributed by atoms with E-state index in [0.29, 0.717) is 6.42 Å². The van der Waals surface area contributed by atoms with E-state index >= 15 is 0 Å². The van der Waals surface area contributed by atoms with Crippen LogP contribution < -0.4 is 0 Å². The predicted octanol–water partition coefficient (Wildman–Crippen LogP) is 4.14. The van der Waals surface area contributed by atoms with Gasteiger partial charge in [0.15, 0.2) is 0 Å². The lowest BCUT2D eigenvalue weighted by atomic mass is 9.98. The Morgan fingerprint density at radius 1 is 1.21 bits per heavy atom. The zero-order valence-electron chi connectivity index (χ0n) is 13.3. The lowest BCUT2D eigenvalue weighted by Crippen LogP contribution is -2.42. The molecule has 0 radical (unpaired) electrons. The van der Waals surface area contributed by atoms with E-state index in [0.717, 1.165) is 15.6 Å². The Kier molecular flexibility index (Phi) is 5.00. The second-order valence-electron chi connectivity index (χ2n) is 5.90. The zero-order chi connectivity index (χ0) is 17.1. The standard InChI is InChI=1S/C19H18BrNO3/c1-13(15-7-9-16(20)10-8-15)18(22)21-17(12-24-19(21)23)11-14-5-3-2-4-6-14/h2-10,13,17H,11-12H2,1H3/t13-,17+/m1/s1. The van der Waals surface area contributed by atoms with Crippen LogP contribution in [0, 0.1) is 0 Å². The van der Waals surface area contributed by atoms with Crippen molar-refractivity contribution in [3.63, 3.8) is 0 Å². The van der Waals surface area contributed by atoms with E-state index < -0.39 is 12.0 Å².